The van der Waals surface area contributed by atoms with Gasteiger partial charge in [0.1, 0.15) is 17.7 Å². The highest BCUT2D eigenvalue weighted by atomic mass is 35.5. The Balaban J connectivity index is 2.12. The fourth-order valence-electron chi connectivity index (χ4n) is 0.909. The molecule has 0 aromatic carbocycles. The van der Waals surface area contributed by atoms with E-state index in [9.17, 15) is 0 Å². The topological polar surface area (TPSA) is 68.0 Å². The molecule has 0 bridgehead atoms. The Morgan fingerprint density at radius 2 is 2.43 bits per heavy atom. The zero-order valence-corrected chi connectivity index (χ0v) is 7.86. The van der Waals surface area contributed by atoms with Gasteiger partial charge in [0.2, 0.25) is 0 Å². The first-order valence-corrected chi connectivity index (χ1v) is 4.34. The largest absolute Gasteiger partial charge is 0.455 e. The van der Waals surface area contributed by atoms with Crippen molar-refractivity contribution in [1.82, 2.24) is 9.97 Å². The predicted molar refractivity (Wildman–Crippen MR) is 47.0 cm³/mol. The molecule has 2 heterocycles. The molecular formula is C8H6ClN3O2. The van der Waals surface area contributed by atoms with Crippen LogP contribution in [0.1, 0.15) is 5.56 Å². The first-order valence-electron chi connectivity index (χ1n) is 3.96. The van der Waals surface area contributed by atoms with Gasteiger partial charge in [0.05, 0.1) is 19.4 Å². The Kier molecular flexibility index (Phi) is 2.48. The number of hydrogen-bond acceptors (Lipinski definition) is 5. The molecule has 1 aliphatic heterocycles. The highest BCUT2D eigenvalue weighted by Gasteiger charge is 2.21. The van der Waals surface area contributed by atoms with E-state index in [1.807, 2.05) is 6.07 Å². The van der Waals surface area contributed by atoms with Crippen LogP contribution in [0, 0.1) is 11.3 Å². The summed E-state index contributed by atoms with van der Waals surface area (Å²) < 4.78 is 10.2. The first-order chi connectivity index (χ1) is 6.79. The number of aromatic nitrogens is 2. The molecule has 1 saturated heterocycles. The molecule has 1 aromatic rings. The predicted octanol–water partition coefficient (Wildman–Crippen LogP) is 0.779. The highest BCUT2D eigenvalue weighted by molar-refractivity contribution is 6.30. The van der Waals surface area contributed by atoms with Gasteiger partial charge in [-0.15, -0.1) is 0 Å². The SMILES string of the molecule is N#Cc1cnc(OC2COC2)nc1Cl. The Bertz CT molecular complexity index is 387. The quantitative estimate of drug-likeness (QED) is 0.677. The lowest BCUT2D eigenvalue weighted by Gasteiger charge is -2.25. The van der Waals surface area contributed by atoms with E-state index >= 15 is 0 Å². The fraction of sp³-hybridized carbons (Fsp3) is 0.375. The minimum absolute atomic E-state index is 0.000924. The molecule has 14 heavy (non-hydrogen) atoms. The van der Waals surface area contributed by atoms with E-state index in [0.29, 0.717) is 13.2 Å². The summed E-state index contributed by atoms with van der Waals surface area (Å²) in [5.41, 5.74) is 0.240. The highest BCUT2D eigenvalue weighted by Crippen LogP contribution is 2.16. The second kappa shape index (κ2) is 3.78. The molecule has 0 N–H and O–H groups in total. The number of nitrogens with zero attached hydrogens (tertiary/aromatic N) is 3. The number of nitriles is 1. The number of halogens is 1. The molecule has 0 unspecified atom stereocenters. The van der Waals surface area contributed by atoms with Crippen molar-refractivity contribution in [1.29, 1.82) is 5.26 Å². The normalized spacial score (nSPS) is 15.7. The molecule has 0 spiro atoms. The zero-order chi connectivity index (χ0) is 9.97. The fourth-order valence-corrected chi connectivity index (χ4v) is 1.07. The molecule has 0 radical (unpaired) electrons. The van der Waals surface area contributed by atoms with Crippen molar-refractivity contribution in [2.45, 2.75) is 6.10 Å². The number of rotatable bonds is 2. The third-order valence-corrected chi connectivity index (χ3v) is 2.01. The second-order valence-corrected chi connectivity index (χ2v) is 3.10. The van der Waals surface area contributed by atoms with E-state index in [1.54, 1.807) is 0 Å². The van der Waals surface area contributed by atoms with E-state index in [4.69, 9.17) is 26.3 Å². The second-order valence-electron chi connectivity index (χ2n) is 2.75. The van der Waals surface area contributed by atoms with Crippen LogP contribution in [0.3, 0.4) is 0 Å². The minimum Gasteiger partial charge on any atom is -0.455 e. The molecule has 1 aliphatic rings. The average molecular weight is 212 g/mol. The van der Waals surface area contributed by atoms with Crippen LogP contribution in [0.5, 0.6) is 6.01 Å². The van der Waals surface area contributed by atoms with Crippen LogP contribution in [0.15, 0.2) is 6.20 Å². The summed E-state index contributed by atoms with van der Waals surface area (Å²) in [7, 11) is 0. The summed E-state index contributed by atoms with van der Waals surface area (Å²) in [6, 6.07) is 2.05. The van der Waals surface area contributed by atoms with Gasteiger partial charge in [-0.05, 0) is 0 Å². The van der Waals surface area contributed by atoms with E-state index < -0.39 is 0 Å². The summed E-state index contributed by atoms with van der Waals surface area (Å²) in [5, 5.41) is 8.68. The zero-order valence-electron chi connectivity index (χ0n) is 7.11. The molecule has 0 atom stereocenters. The van der Waals surface area contributed by atoms with Gasteiger partial charge in [0, 0.05) is 0 Å². The van der Waals surface area contributed by atoms with Crippen molar-refractivity contribution in [3.8, 4) is 12.1 Å². The summed E-state index contributed by atoms with van der Waals surface area (Å²) in [5.74, 6) is 0. The Hall–Kier alpha value is -1.38. The molecule has 0 amide bonds. The third kappa shape index (κ3) is 1.76. The van der Waals surface area contributed by atoms with E-state index in [2.05, 4.69) is 9.97 Å². The van der Waals surface area contributed by atoms with Crippen LogP contribution in [0.4, 0.5) is 0 Å². The molecule has 0 saturated carbocycles. The van der Waals surface area contributed by atoms with E-state index in [1.165, 1.54) is 6.20 Å². The smallest absolute Gasteiger partial charge is 0.318 e. The lowest BCUT2D eigenvalue weighted by Crippen LogP contribution is -2.39. The van der Waals surface area contributed by atoms with Crippen molar-refractivity contribution in [2.75, 3.05) is 13.2 Å². The van der Waals surface area contributed by atoms with Crippen molar-refractivity contribution < 1.29 is 9.47 Å². The molecule has 0 aliphatic carbocycles. The van der Waals surface area contributed by atoms with Gasteiger partial charge in [0.25, 0.3) is 0 Å². The molecule has 72 valence electrons. The standard InChI is InChI=1S/C8H6ClN3O2/c9-7-5(1-10)2-11-8(12-7)14-6-3-13-4-6/h2,6H,3-4H2. The molecule has 1 fully saturated rings. The van der Waals surface area contributed by atoms with Crippen molar-refractivity contribution in [2.24, 2.45) is 0 Å². The van der Waals surface area contributed by atoms with Crippen LogP contribution in [0.2, 0.25) is 5.15 Å². The van der Waals surface area contributed by atoms with Crippen LogP contribution < -0.4 is 4.74 Å². The first kappa shape index (κ1) is 9.19. The maximum absolute atomic E-state index is 8.57. The van der Waals surface area contributed by atoms with Gasteiger partial charge in [-0.3, -0.25) is 0 Å². The van der Waals surface area contributed by atoms with Gasteiger partial charge in [-0.1, -0.05) is 11.6 Å². The summed E-state index contributed by atoms with van der Waals surface area (Å²) in [6.45, 7) is 1.09. The van der Waals surface area contributed by atoms with Gasteiger partial charge < -0.3 is 9.47 Å². The molecule has 1 aromatic heterocycles. The summed E-state index contributed by atoms with van der Waals surface area (Å²) in [4.78, 5) is 7.66. The Morgan fingerprint density at radius 1 is 1.64 bits per heavy atom. The van der Waals surface area contributed by atoms with Gasteiger partial charge in [-0.25, -0.2) is 4.98 Å². The van der Waals surface area contributed by atoms with E-state index in [-0.39, 0.29) is 22.8 Å². The molecule has 6 heteroatoms. The van der Waals surface area contributed by atoms with Gasteiger partial charge in [0.15, 0.2) is 5.15 Å². The summed E-state index contributed by atoms with van der Waals surface area (Å²) in [6.07, 6.45) is 1.34. The maximum Gasteiger partial charge on any atom is 0.318 e. The van der Waals surface area contributed by atoms with E-state index in [0.717, 1.165) is 0 Å². The van der Waals surface area contributed by atoms with Crippen molar-refractivity contribution in [3.05, 3.63) is 16.9 Å². The van der Waals surface area contributed by atoms with Crippen molar-refractivity contribution in [3.63, 3.8) is 0 Å². The molecule has 2 rings (SSSR count). The Morgan fingerprint density at radius 3 is 2.93 bits per heavy atom. The third-order valence-electron chi connectivity index (χ3n) is 1.72. The lowest BCUT2D eigenvalue weighted by molar-refractivity contribution is -0.0831. The van der Waals surface area contributed by atoms with Crippen LogP contribution in [0.25, 0.3) is 0 Å². The summed E-state index contributed by atoms with van der Waals surface area (Å²) >= 11 is 5.69. The lowest BCUT2D eigenvalue weighted by atomic mass is 10.3. The number of hydrogen-bond donors (Lipinski definition) is 0. The Labute approximate surface area is 85.2 Å². The van der Waals surface area contributed by atoms with Gasteiger partial charge in [-0.2, -0.15) is 10.2 Å². The average Bonchev–Trinajstić information content (AvgIpc) is 2.12. The van der Waals surface area contributed by atoms with Gasteiger partial charge >= 0.3 is 6.01 Å². The van der Waals surface area contributed by atoms with Crippen LogP contribution in [-0.2, 0) is 4.74 Å². The molecule has 5 nitrogen and oxygen atoms in total. The van der Waals surface area contributed by atoms with Crippen molar-refractivity contribution >= 4 is 11.6 Å². The minimum atomic E-state index is -0.000924. The number of ether oxygens (including phenoxy) is 2. The van der Waals surface area contributed by atoms with Crippen LogP contribution in [-0.4, -0.2) is 29.3 Å². The molecular weight excluding hydrogens is 206 g/mol. The maximum atomic E-state index is 8.57. The monoisotopic (exact) mass is 211 g/mol. The van der Waals surface area contributed by atoms with Crippen LogP contribution >= 0.6 is 11.6 Å².